The molecule has 4 unspecified atom stereocenters. The molecule has 140 valence electrons. The van der Waals surface area contributed by atoms with Gasteiger partial charge in [-0.05, 0) is 52.9 Å². The molecule has 0 saturated carbocycles. The number of carbonyl (C=O) groups excluding carboxylic acids is 3. The maximum Gasteiger partial charge on any atom is 0.303 e. The molecule has 0 aromatic heterocycles. The average Bonchev–Trinajstić information content (AvgIpc) is 2.94. The second-order valence-corrected chi connectivity index (χ2v) is 12.6. The second kappa shape index (κ2) is 6.40. The van der Waals surface area contributed by atoms with E-state index in [1.54, 1.807) is 24.1 Å². The minimum absolute atomic E-state index is 0.215. The summed E-state index contributed by atoms with van der Waals surface area (Å²) in [5.41, 5.74) is 0.882. The summed E-state index contributed by atoms with van der Waals surface area (Å²) < 4.78 is 5.43. The fourth-order valence-corrected chi connectivity index (χ4v) is 11.4. The van der Waals surface area contributed by atoms with E-state index in [4.69, 9.17) is 4.74 Å². The Morgan fingerprint density at radius 3 is 2.77 bits per heavy atom. The Morgan fingerprint density at radius 2 is 2.08 bits per heavy atom. The minimum atomic E-state index is -1.38. The number of nitrogens with zero attached hydrogens (tertiary/aromatic N) is 2. The van der Waals surface area contributed by atoms with Crippen LogP contribution in [0.2, 0.25) is 0 Å². The third-order valence-corrected chi connectivity index (χ3v) is 12.3. The summed E-state index contributed by atoms with van der Waals surface area (Å²) in [5.74, 6) is -0.986. The van der Waals surface area contributed by atoms with Crippen LogP contribution in [0.5, 0.6) is 0 Å². The first-order chi connectivity index (χ1) is 12.4. The van der Waals surface area contributed by atoms with Crippen LogP contribution in [0.25, 0.3) is 0 Å². The summed E-state index contributed by atoms with van der Waals surface area (Å²) in [7, 11) is 6.91. The van der Waals surface area contributed by atoms with Crippen LogP contribution >= 0.6 is 41.2 Å². The molecule has 0 radical (unpaired) electrons. The highest BCUT2D eigenvalue weighted by molar-refractivity contribution is 9.26. The summed E-state index contributed by atoms with van der Waals surface area (Å²) in [5, 5.41) is 10.1. The average molecular weight is 433 g/mol. The molecule has 0 aromatic rings. The molecule has 0 aromatic carbocycles. The highest BCUT2D eigenvalue weighted by Crippen LogP contribution is 2.65. The molecule has 7 nitrogen and oxygen atoms in total. The summed E-state index contributed by atoms with van der Waals surface area (Å²) in [6.07, 6.45) is 5.14. The fourth-order valence-electron chi connectivity index (χ4n) is 3.83. The summed E-state index contributed by atoms with van der Waals surface area (Å²) >= 11 is 0. The molecule has 4 atom stereocenters. The number of likely N-dealkylation sites (N-methyl/N-ethyl adjacent to an activating group) is 1. The number of hydrogen-bond acceptors (Lipinski definition) is 9. The first-order valence-corrected chi connectivity index (χ1v) is 12.7. The van der Waals surface area contributed by atoms with Crippen LogP contribution in [0.15, 0.2) is 23.8 Å². The van der Waals surface area contributed by atoms with Crippen molar-refractivity contribution < 1.29 is 24.2 Å². The van der Waals surface area contributed by atoms with Gasteiger partial charge >= 0.3 is 5.97 Å². The Morgan fingerprint density at radius 1 is 1.35 bits per heavy atom. The molecule has 1 spiro atoms. The molecular formula is C15H16N2O5S4. The molecule has 4 aliphatic heterocycles. The van der Waals surface area contributed by atoms with Crippen LogP contribution in [-0.4, -0.2) is 68.2 Å². The molecule has 2 bridgehead atoms. The molecule has 1 aliphatic carbocycles. The standard InChI is InChI=1S/C15H16N2O5S4/c1-8(19)22-10-5-3-4-9-6-14-12(20)16(2)15(7-18,24-26-25-23-14)13(21)17(14)11(9)10/h3-5,10-11,18H,6-7H2,1-2H3. The molecule has 5 rings (SSSR count). The monoisotopic (exact) mass is 432 g/mol. The molecule has 4 fully saturated rings. The van der Waals surface area contributed by atoms with Crippen molar-refractivity contribution in [3.63, 3.8) is 0 Å². The van der Waals surface area contributed by atoms with Crippen LogP contribution < -0.4 is 0 Å². The third kappa shape index (κ3) is 2.33. The predicted molar refractivity (Wildman–Crippen MR) is 104 cm³/mol. The number of aliphatic hydroxyl groups excluding tert-OH is 1. The van der Waals surface area contributed by atoms with Crippen molar-refractivity contribution in [2.24, 2.45) is 0 Å². The zero-order chi connectivity index (χ0) is 18.7. The van der Waals surface area contributed by atoms with Gasteiger partial charge in [0.05, 0.1) is 12.6 Å². The number of allylic oxidation sites excluding steroid dienone is 2. The number of piperazine rings is 1. The first kappa shape index (κ1) is 18.6. The van der Waals surface area contributed by atoms with E-state index >= 15 is 0 Å². The molecule has 4 saturated heterocycles. The van der Waals surface area contributed by atoms with Gasteiger partial charge < -0.3 is 19.6 Å². The van der Waals surface area contributed by atoms with Gasteiger partial charge in [0.1, 0.15) is 6.10 Å². The summed E-state index contributed by atoms with van der Waals surface area (Å²) in [4.78, 5) is 38.9. The number of esters is 1. The highest BCUT2D eigenvalue weighted by Gasteiger charge is 2.70. The van der Waals surface area contributed by atoms with Crippen molar-refractivity contribution in [2.45, 2.75) is 35.2 Å². The van der Waals surface area contributed by atoms with Crippen molar-refractivity contribution in [1.82, 2.24) is 9.80 Å². The van der Waals surface area contributed by atoms with Crippen molar-refractivity contribution in [3.8, 4) is 0 Å². The molecule has 26 heavy (non-hydrogen) atoms. The summed E-state index contributed by atoms with van der Waals surface area (Å²) in [6.45, 7) is 0.840. The molecular weight excluding hydrogens is 416 g/mol. The van der Waals surface area contributed by atoms with E-state index in [9.17, 15) is 19.5 Å². The van der Waals surface area contributed by atoms with E-state index < -0.39 is 34.5 Å². The maximum absolute atomic E-state index is 13.6. The lowest BCUT2D eigenvalue weighted by Gasteiger charge is -2.54. The number of rotatable bonds is 2. The van der Waals surface area contributed by atoms with Gasteiger partial charge in [-0.15, -0.1) is 0 Å². The van der Waals surface area contributed by atoms with Crippen LogP contribution in [-0.2, 0) is 19.1 Å². The largest absolute Gasteiger partial charge is 0.456 e. The lowest BCUT2D eigenvalue weighted by Crippen LogP contribution is -2.75. The lowest BCUT2D eigenvalue weighted by molar-refractivity contribution is -0.169. The zero-order valence-corrected chi connectivity index (χ0v) is 17.2. The molecule has 2 amide bonds. The Kier molecular flexibility index (Phi) is 4.58. The van der Waals surface area contributed by atoms with Crippen molar-refractivity contribution >= 4 is 59.0 Å². The van der Waals surface area contributed by atoms with Gasteiger partial charge in [0.15, 0.2) is 4.87 Å². The Bertz CT molecular complexity index is 758. The van der Waals surface area contributed by atoms with E-state index in [1.165, 1.54) is 53.1 Å². The normalized spacial score (nSPS) is 38.5. The molecule has 1 N–H and O–H groups in total. The van der Waals surface area contributed by atoms with E-state index in [-0.39, 0.29) is 11.8 Å². The van der Waals surface area contributed by atoms with Gasteiger partial charge in [0.25, 0.3) is 11.8 Å². The topological polar surface area (TPSA) is 87.2 Å². The second-order valence-electron chi connectivity index (χ2n) is 6.39. The third-order valence-electron chi connectivity index (χ3n) is 5.03. The van der Waals surface area contributed by atoms with Gasteiger partial charge in [-0.25, -0.2) is 0 Å². The Labute approximate surface area is 165 Å². The zero-order valence-electron chi connectivity index (χ0n) is 13.9. The van der Waals surface area contributed by atoms with E-state index in [2.05, 4.69) is 0 Å². The Balaban J connectivity index is 1.86. The predicted octanol–water partition coefficient (Wildman–Crippen LogP) is 1.56. The quantitative estimate of drug-likeness (QED) is 0.516. The number of aliphatic hydroxyl groups is 1. The number of fused-ring (bicyclic) bond motifs is 5. The molecule has 11 heteroatoms. The molecule has 4 heterocycles. The number of amides is 2. The smallest absolute Gasteiger partial charge is 0.303 e. The SMILES string of the molecule is CC(=O)OC1C=CC=C2CC34SSSSC(CO)(C(=O)N3C21)N(C)C4=O. The van der Waals surface area contributed by atoms with Gasteiger partial charge in [0.2, 0.25) is 4.87 Å². The van der Waals surface area contributed by atoms with Crippen molar-refractivity contribution in [1.29, 1.82) is 0 Å². The van der Waals surface area contributed by atoms with Crippen LogP contribution in [0.4, 0.5) is 0 Å². The van der Waals surface area contributed by atoms with Gasteiger partial charge in [-0.2, -0.15) is 0 Å². The van der Waals surface area contributed by atoms with Gasteiger partial charge in [0, 0.05) is 20.4 Å². The van der Waals surface area contributed by atoms with Crippen LogP contribution in [0.3, 0.4) is 0 Å². The van der Waals surface area contributed by atoms with E-state index in [1.807, 2.05) is 6.08 Å². The van der Waals surface area contributed by atoms with Crippen molar-refractivity contribution in [2.75, 3.05) is 13.7 Å². The van der Waals surface area contributed by atoms with Crippen molar-refractivity contribution in [3.05, 3.63) is 23.8 Å². The lowest BCUT2D eigenvalue weighted by atomic mass is 9.96. The molecule has 5 aliphatic rings. The fraction of sp³-hybridized carbons (Fsp3) is 0.533. The number of ether oxygens (including phenoxy) is 1. The maximum atomic E-state index is 13.6. The number of hydrogen-bond donors (Lipinski definition) is 1. The van der Waals surface area contributed by atoms with Crippen LogP contribution in [0.1, 0.15) is 13.3 Å². The Hall–Kier alpha value is -0.750. The van der Waals surface area contributed by atoms with E-state index in [0.717, 1.165) is 5.57 Å². The first-order valence-electron chi connectivity index (χ1n) is 7.85. The van der Waals surface area contributed by atoms with E-state index in [0.29, 0.717) is 6.42 Å². The number of carbonyl (C=O) groups is 3. The van der Waals surface area contributed by atoms with Gasteiger partial charge in [-0.1, -0.05) is 12.2 Å². The highest BCUT2D eigenvalue weighted by atomic mass is 33.7. The van der Waals surface area contributed by atoms with Gasteiger partial charge in [-0.3, -0.25) is 14.4 Å². The summed E-state index contributed by atoms with van der Waals surface area (Å²) in [6, 6.07) is -0.531. The van der Waals surface area contributed by atoms with Crippen LogP contribution in [0, 0.1) is 0 Å². The minimum Gasteiger partial charge on any atom is -0.456 e.